The van der Waals surface area contributed by atoms with Crippen molar-refractivity contribution in [3.63, 3.8) is 0 Å². The number of benzene rings is 1. The second-order valence-electron chi connectivity index (χ2n) is 3.34. The van der Waals surface area contributed by atoms with Crippen molar-refractivity contribution >= 4 is 23.2 Å². The lowest BCUT2D eigenvalue weighted by molar-refractivity contribution is 0.632. The first kappa shape index (κ1) is 11.9. The molecule has 0 N–H and O–H groups in total. The lowest BCUT2D eigenvalue weighted by atomic mass is 10.1. The second kappa shape index (κ2) is 4.74. The summed E-state index contributed by atoms with van der Waals surface area (Å²) in [5.41, 5.74) is 1.72. The molecule has 2 aromatic rings. The molecule has 0 aliphatic rings. The fourth-order valence-electron chi connectivity index (χ4n) is 1.54. The third-order valence-electron chi connectivity index (χ3n) is 2.33. The standard InChI is InChI=1S/C11H8Cl2N4/c1-2-17-11(10(6-14)15-16-17)7-3-4-8(12)9(13)5-7/h3-5H,2H2,1H3. The SMILES string of the molecule is CCn1nnc(C#N)c1-c1ccc(Cl)c(Cl)c1. The van der Waals surface area contributed by atoms with E-state index in [4.69, 9.17) is 28.5 Å². The Morgan fingerprint density at radius 1 is 1.35 bits per heavy atom. The highest BCUT2D eigenvalue weighted by molar-refractivity contribution is 6.42. The van der Waals surface area contributed by atoms with Crippen LogP contribution in [-0.2, 0) is 6.54 Å². The predicted molar refractivity (Wildman–Crippen MR) is 65.9 cm³/mol. The number of hydrogen-bond donors (Lipinski definition) is 0. The molecule has 17 heavy (non-hydrogen) atoms. The van der Waals surface area contributed by atoms with Crippen LogP contribution in [0, 0.1) is 11.3 Å². The number of halogens is 2. The van der Waals surface area contributed by atoms with Gasteiger partial charge in [0.1, 0.15) is 11.8 Å². The van der Waals surface area contributed by atoms with E-state index in [9.17, 15) is 0 Å². The molecule has 0 saturated heterocycles. The van der Waals surface area contributed by atoms with E-state index >= 15 is 0 Å². The summed E-state index contributed by atoms with van der Waals surface area (Å²) in [5, 5.41) is 17.6. The lowest BCUT2D eigenvalue weighted by Crippen LogP contribution is -1.99. The van der Waals surface area contributed by atoms with Crippen molar-refractivity contribution in [3.8, 4) is 17.3 Å². The highest BCUT2D eigenvalue weighted by Gasteiger charge is 2.14. The summed E-state index contributed by atoms with van der Waals surface area (Å²) in [6, 6.07) is 7.20. The van der Waals surface area contributed by atoms with Crippen LogP contribution < -0.4 is 0 Å². The number of nitriles is 1. The molecule has 86 valence electrons. The van der Waals surface area contributed by atoms with Gasteiger partial charge in [0.15, 0.2) is 5.69 Å². The average molecular weight is 267 g/mol. The van der Waals surface area contributed by atoms with E-state index in [2.05, 4.69) is 10.3 Å². The first-order valence-corrected chi connectivity index (χ1v) is 5.72. The Labute approximate surface area is 108 Å². The first-order valence-electron chi connectivity index (χ1n) is 4.96. The molecule has 0 fully saturated rings. The third-order valence-corrected chi connectivity index (χ3v) is 3.07. The van der Waals surface area contributed by atoms with Crippen molar-refractivity contribution in [2.24, 2.45) is 0 Å². The number of hydrogen-bond acceptors (Lipinski definition) is 3. The van der Waals surface area contributed by atoms with E-state index in [0.717, 1.165) is 5.56 Å². The topological polar surface area (TPSA) is 54.5 Å². The molecule has 1 aromatic heterocycles. The normalized spacial score (nSPS) is 10.2. The van der Waals surface area contributed by atoms with Gasteiger partial charge in [0.05, 0.1) is 10.0 Å². The van der Waals surface area contributed by atoms with Crippen LogP contribution >= 0.6 is 23.2 Å². The van der Waals surface area contributed by atoms with E-state index < -0.39 is 0 Å². The summed E-state index contributed by atoms with van der Waals surface area (Å²) in [4.78, 5) is 0. The quantitative estimate of drug-likeness (QED) is 0.839. The Kier molecular flexibility index (Phi) is 3.32. The van der Waals surface area contributed by atoms with Gasteiger partial charge >= 0.3 is 0 Å². The fourth-order valence-corrected chi connectivity index (χ4v) is 1.84. The molecule has 1 aromatic carbocycles. The largest absolute Gasteiger partial charge is 0.244 e. The highest BCUT2D eigenvalue weighted by atomic mass is 35.5. The Balaban J connectivity index is 2.63. The van der Waals surface area contributed by atoms with E-state index in [1.54, 1.807) is 22.9 Å². The molecule has 1 heterocycles. The maximum absolute atomic E-state index is 8.99. The Hall–Kier alpha value is -1.57. The van der Waals surface area contributed by atoms with Gasteiger partial charge in [-0.1, -0.05) is 34.5 Å². The van der Waals surface area contributed by atoms with Crippen molar-refractivity contribution in [2.75, 3.05) is 0 Å². The minimum Gasteiger partial charge on any atom is -0.244 e. The zero-order valence-corrected chi connectivity index (χ0v) is 10.5. The summed E-state index contributed by atoms with van der Waals surface area (Å²) < 4.78 is 1.65. The molecule has 0 bridgehead atoms. The van der Waals surface area contributed by atoms with Crippen molar-refractivity contribution in [1.29, 1.82) is 5.26 Å². The zero-order chi connectivity index (χ0) is 12.4. The Bertz CT molecular complexity index is 598. The van der Waals surface area contributed by atoms with Crippen LogP contribution in [0.15, 0.2) is 18.2 Å². The van der Waals surface area contributed by atoms with Crippen LogP contribution in [0.4, 0.5) is 0 Å². The molecule has 6 heteroatoms. The molecule has 0 spiro atoms. The van der Waals surface area contributed by atoms with Gasteiger partial charge in [0, 0.05) is 12.1 Å². The van der Waals surface area contributed by atoms with E-state index in [0.29, 0.717) is 22.3 Å². The minimum absolute atomic E-state index is 0.283. The summed E-state index contributed by atoms with van der Waals surface area (Å²) in [5.74, 6) is 0. The molecule has 0 aliphatic heterocycles. The smallest absolute Gasteiger partial charge is 0.190 e. The molecule has 0 radical (unpaired) electrons. The van der Waals surface area contributed by atoms with E-state index in [-0.39, 0.29) is 5.69 Å². The predicted octanol–water partition coefficient (Wildman–Crippen LogP) is 3.14. The zero-order valence-electron chi connectivity index (χ0n) is 8.98. The van der Waals surface area contributed by atoms with Gasteiger partial charge in [-0.2, -0.15) is 5.26 Å². The minimum atomic E-state index is 0.283. The van der Waals surface area contributed by atoms with Crippen LogP contribution in [0.5, 0.6) is 0 Å². The fraction of sp³-hybridized carbons (Fsp3) is 0.182. The molecule has 0 aliphatic carbocycles. The van der Waals surface area contributed by atoms with Gasteiger partial charge < -0.3 is 0 Å². The first-order chi connectivity index (χ1) is 8.17. The van der Waals surface area contributed by atoms with E-state index in [1.165, 1.54) is 0 Å². The summed E-state index contributed by atoms with van der Waals surface area (Å²) in [6.07, 6.45) is 0. The van der Waals surface area contributed by atoms with Crippen LogP contribution in [0.2, 0.25) is 10.0 Å². The van der Waals surface area contributed by atoms with Crippen LogP contribution in [-0.4, -0.2) is 15.0 Å². The maximum Gasteiger partial charge on any atom is 0.190 e. The van der Waals surface area contributed by atoms with Gasteiger partial charge in [-0.15, -0.1) is 5.10 Å². The van der Waals surface area contributed by atoms with E-state index in [1.807, 2.05) is 13.0 Å². The molecule has 0 unspecified atom stereocenters. The average Bonchev–Trinajstić information content (AvgIpc) is 2.75. The summed E-state index contributed by atoms with van der Waals surface area (Å²) in [6.45, 7) is 2.56. The van der Waals surface area contributed by atoms with Gasteiger partial charge in [-0.05, 0) is 19.1 Å². The van der Waals surface area contributed by atoms with Crippen molar-refractivity contribution < 1.29 is 0 Å². The number of nitrogens with zero attached hydrogens (tertiary/aromatic N) is 4. The Morgan fingerprint density at radius 3 is 2.71 bits per heavy atom. The number of aryl methyl sites for hydroxylation is 1. The molecule has 2 rings (SSSR count). The number of aromatic nitrogens is 3. The van der Waals surface area contributed by atoms with Gasteiger partial charge in [0.25, 0.3) is 0 Å². The Morgan fingerprint density at radius 2 is 2.12 bits per heavy atom. The monoisotopic (exact) mass is 266 g/mol. The van der Waals surface area contributed by atoms with Gasteiger partial charge in [0.2, 0.25) is 0 Å². The third kappa shape index (κ3) is 2.12. The maximum atomic E-state index is 8.99. The van der Waals surface area contributed by atoms with Crippen molar-refractivity contribution in [1.82, 2.24) is 15.0 Å². The van der Waals surface area contributed by atoms with Gasteiger partial charge in [-0.3, -0.25) is 0 Å². The van der Waals surface area contributed by atoms with Crippen molar-refractivity contribution in [2.45, 2.75) is 13.5 Å². The van der Waals surface area contributed by atoms with Crippen molar-refractivity contribution in [3.05, 3.63) is 33.9 Å². The molecule has 0 saturated carbocycles. The molecule has 4 nitrogen and oxygen atoms in total. The summed E-state index contributed by atoms with van der Waals surface area (Å²) >= 11 is 11.8. The lowest BCUT2D eigenvalue weighted by Gasteiger charge is -2.05. The van der Waals surface area contributed by atoms with Crippen LogP contribution in [0.3, 0.4) is 0 Å². The van der Waals surface area contributed by atoms with Crippen LogP contribution in [0.25, 0.3) is 11.3 Å². The molecule has 0 atom stereocenters. The summed E-state index contributed by atoms with van der Waals surface area (Å²) in [7, 11) is 0. The van der Waals surface area contributed by atoms with Crippen LogP contribution in [0.1, 0.15) is 12.6 Å². The molecular formula is C11H8Cl2N4. The second-order valence-corrected chi connectivity index (χ2v) is 4.16. The molecular weight excluding hydrogens is 259 g/mol. The highest BCUT2D eigenvalue weighted by Crippen LogP contribution is 2.29. The number of rotatable bonds is 2. The van der Waals surface area contributed by atoms with Gasteiger partial charge in [-0.25, -0.2) is 4.68 Å². The molecule has 0 amide bonds.